The summed E-state index contributed by atoms with van der Waals surface area (Å²) in [6.45, 7) is 3.35. The monoisotopic (exact) mass is 228 g/mol. The minimum Gasteiger partial charge on any atom is -0.393 e. The van der Waals surface area contributed by atoms with Crippen LogP contribution < -0.4 is 0 Å². The van der Waals surface area contributed by atoms with E-state index in [9.17, 15) is 9.90 Å². The summed E-state index contributed by atoms with van der Waals surface area (Å²) >= 11 is 0. The van der Waals surface area contributed by atoms with E-state index in [-0.39, 0.29) is 11.9 Å². The molecule has 0 amide bonds. The summed E-state index contributed by atoms with van der Waals surface area (Å²) in [5.74, 6) is 0.0833. The van der Waals surface area contributed by atoms with Crippen molar-refractivity contribution in [2.75, 3.05) is 0 Å². The van der Waals surface area contributed by atoms with Gasteiger partial charge in [0.1, 0.15) is 0 Å². The van der Waals surface area contributed by atoms with Crippen LogP contribution in [0.2, 0.25) is 0 Å². The average molecular weight is 228 g/mol. The highest BCUT2D eigenvalue weighted by atomic mass is 16.3. The van der Waals surface area contributed by atoms with Crippen LogP contribution in [-0.4, -0.2) is 17.0 Å². The average Bonchev–Trinajstić information content (AvgIpc) is 2.27. The Morgan fingerprint density at radius 2 is 1.82 bits per heavy atom. The molecule has 2 aromatic rings. The van der Waals surface area contributed by atoms with Gasteiger partial charge in [-0.2, -0.15) is 0 Å². The summed E-state index contributed by atoms with van der Waals surface area (Å²) in [7, 11) is 0. The SMILES string of the molecule is CC(=O)c1ccc2cc(CC(C)O)ccc2c1. The van der Waals surface area contributed by atoms with E-state index in [1.54, 1.807) is 13.8 Å². The lowest BCUT2D eigenvalue weighted by Gasteiger charge is -2.06. The number of benzene rings is 2. The summed E-state index contributed by atoms with van der Waals surface area (Å²) in [6, 6.07) is 11.8. The number of hydrogen-bond donors (Lipinski definition) is 1. The molecule has 1 atom stereocenters. The van der Waals surface area contributed by atoms with Crippen LogP contribution in [0.5, 0.6) is 0 Å². The van der Waals surface area contributed by atoms with Crippen molar-refractivity contribution in [3.8, 4) is 0 Å². The van der Waals surface area contributed by atoms with Crippen molar-refractivity contribution in [3.05, 3.63) is 47.5 Å². The van der Waals surface area contributed by atoms with E-state index in [1.807, 2.05) is 30.3 Å². The molecular formula is C15H16O2. The fourth-order valence-electron chi connectivity index (χ4n) is 1.98. The molecule has 0 aliphatic heterocycles. The van der Waals surface area contributed by atoms with Gasteiger partial charge in [-0.05, 0) is 42.7 Å². The topological polar surface area (TPSA) is 37.3 Å². The number of aliphatic hydroxyl groups excluding tert-OH is 1. The first-order chi connectivity index (χ1) is 8.06. The Balaban J connectivity index is 2.43. The lowest BCUT2D eigenvalue weighted by molar-refractivity contribution is 0.101. The van der Waals surface area contributed by atoms with E-state index in [0.29, 0.717) is 6.42 Å². The van der Waals surface area contributed by atoms with E-state index in [4.69, 9.17) is 0 Å². The molecule has 2 aromatic carbocycles. The van der Waals surface area contributed by atoms with Crippen LogP contribution in [0.15, 0.2) is 36.4 Å². The van der Waals surface area contributed by atoms with Crippen molar-refractivity contribution in [2.24, 2.45) is 0 Å². The molecule has 17 heavy (non-hydrogen) atoms. The third-order valence-corrected chi connectivity index (χ3v) is 2.84. The Kier molecular flexibility index (Phi) is 3.25. The van der Waals surface area contributed by atoms with Crippen molar-refractivity contribution < 1.29 is 9.90 Å². The molecule has 0 saturated heterocycles. The Bertz CT molecular complexity index is 556. The molecule has 0 aliphatic carbocycles. The zero-order valence-electron chi connectivity index (χ0n) is 10.1. The number of fused-ring (bicyclic) bond motifs is 1. The Hall–Kier alpha value is -1.67. The minimum absolute atomic E-state index is 0.0833. The first kappa shape index (κ1) is 11.8. The molecule has 1 N–H and O–H groups in total. The highest BCUT2D eigenvalue weighted by molar-refractivity contribution is 5.98. The quantitative estimate of drug-likeness (QED) is 0.820. The Morgan fingerprint density at radius 1 is 1.18 bits per heavy atom. The lowest BCUT2D eigenvalue weighted by atomic mass is 10.0. The summed E-state index contributed by atoms with van der Waals surface area (Å²) in [6.07, 6.45) is 0.327. The summed E-state index contributed by atoms with van der Waals surface area (Å²) in [5.41, 5.74) is 1.85. The van der Waals surface area contributed by atoms with Crippen LogP contribution in [0, 0.1) is 0 Å². The number of Topliss-reactive ketones (excluding diaryl/α,β-unsaturated/α-hetero) is 1. The minimum atomic E-state index is -0.330. The van der Waals surface area contributed by atoms with Gasteiger partial charge in [0.05, 0.1) is 6.10 Å². The molecule has 0 bridgehead atoms. The molecule has 1 unspecified atom stereocenters. The second-order valence-electron chi connectivity index (χ2n) is 4.51. The van der Waals surface area contributed by atoms with E-state index in [0.717, 1.165) is 21.9 Å². The zero-order valence-corrected chi connectivity index (χ0v) is 10.1. The van der Waals surface area contributed by atoms with Crippen molar-refractivity contribution in [3.63, 3.8) is 0 Å². The van der Waals surface area contributed by atoms with Crippen LogP contribution in [0.25, 0.3) is 10.8 Å². The molecule has 0 saturated carbocycles. The van der Waals surface area contributed by atoms with Gasteiger partial charge < -0.3 is 5.11 Å². The van der Waals surface area contributed by atoms with Gasteiger partial charge >= 0.3 is 0 Å². The predicted molar refractivity (Wildman–Crippen MR) is 69.3 cm³/mol. The first-order valence-electron chi connectivity index (χ1n) is 5.78. The Labute approximate surface area is 101 Å². The van der Waals surface area contributed by atoms with Crippen molar-refractivity contribution in [2.45, 2.75) is 26.4 Å². The number of carbonyl (C=O) groups is 1. The molecule has 0 aromatic heterocycles. The predicted octanol–water partition coefficient (Wildman–Crippen LogP) is 2.97. The van der Waals surface area contributed by atoms with Crippen LogP contribution in [-0.2, 0) is 6.42 Å². The summed E-state index contributed by atoms with van der Waals surface area (Å²) in [4.78, 5) is 11.3. The standard InChI is InChI=1S/C15H16O2/c1-10(16)7-12-3-4-15-9-13(11(2)17)5-6-14(15)8-12/h3-6,8-10,16H,7H2,1-2H3. The van der Waals surface area contributed by atoms with Gasteiger partial charge in [0.25, 0.3) is 0 Å². The number of rotatable bonds is 3. The van der Waals surface area contributed by atoms with Gasteiger partial charge in [-0.15, -0.1) is 0 Å². The van der Waals surface area contributed by atoms with Gasteiger partial charge in [0, 0.05) is 5.56 Å². The molecule has 0 radical (unpaired) electrons. The molecule has 0 fully saturated rings. The van der Waals surface area contributed by atoms with Gasteiger partial charge in [0.2, 0.25) is 0 Å². The van der Waals surface area contributed by atoms with E-state index < -0.39 is 0 Å². The van der Waals surface area contributed by atoms with E-state index in [2.05, 4.69) is 6.07 Å². The molecular weight excluding hydrogens is 212 g/mol. The van der Waals surface area contributed by atoms with Crippen LogP contribution in [0.4, 0.5) is 0 Å². The smallest absolute Gasteiger partial charge is 0.159 e. The molecule has 2 nitrogen and oxygen atoms in total. The normalized spacial score (nSPS) is 12.6. The number of ketones is 1. The summed E-state index contributed by atoms with van der Waals surface area (Å²) < 4.78 is 0. The molecule has 2 heteroatoms. The molecule has 0 spiro atoms. The van der Waals surface area contributed by atoms with Crippen molar-refractivity contribution in [1.82, 2.24) is 0 Å². The second-order valence-corrected chi connectivity index (χ2v) is 4.51. The molecule has 88 valence electrons. The van der Waals surface area contributed by atoms with Gasteiger partial charge in [-0.1, -0.05) is 30.3 Å². The molecule has 0 aliphatic rings. The maximum absolute atomic E-state index is 11.3. The third-order valence-electron chi connectivity index (χ3n) is 2.84. The maximum Gasteiger partial charge on any atom is 0.159 e. The number of hydrogen-bond acceptors (Lipinski definition) is 2. The fraction of sp³-hybridized carbons (Fsp3) is 0.267. The number of aliphatic hydroxyl groups is 1. The Morgan fingerprint density at radius 3 is 2.47 bits per heavy atom. The van der Waals surface area contributed by atoms with Crippen LogP contribution >= 0.6 is 0 Å². The van der Waals surface area contributed by atoms with Gasteiger partial charge in [0.15, 0.2) is 5.78 Å². The van der Waals surface area contributed by atoms with Gasteiger partial charge in [-0.25, -0.2) is 0 Å². The first-order valence-corrected chi connectivity index (χ1v) is 5.78. The fourth-order valence-corrected chi connectivity index (χ4v) is 1.98. The van der Waals surface area contributed by atoms with Crippen LogP contribution in [0.3, 0.4) is 0 Å². The maximum atomic E-state index is 11.3. The number of carbonyl (C=O) groups excluding carboxylic acids is 1. The second kappa shape index (κ2) is 4.68. The van der Waals surface area contributed by atoms with Crippen molar-refractivity contribution >= 4 is 16.6 Å². The zero-order chi connectivity index (χ0) is 12.4. The molecule has 0 heterocycles. The molecule has 2 rings (SSSR count). The highest BCUT2D eigenvalue weighted by Gasteiger charge is 2.03. The third kappa shape index (κ3) is 2.71. The van der Waals surface area contributed by atoms with E-state index >= 15 is 0 Å². The lowest BCUT2D eigenvalue weighted by Crippen LogP contribution is -2.03. The van der Waals surface area contributed by atoms with Crippen molar-refractivity contribution in [1.29, 1.82) is 0 Å². The van der Waals surface area contributed by atoms with Crippen LogP contribution in [0.1, 0.15) is 29.8 Å². The largest absolute Gasteiger partial charge is 0.393 e. The summed E-state index contributed by atoms with van der Waals surface area (Å²) in [5, 5.41) is 11.5. The highest BCUT2D eigenvalue weighted by Crippen LogP contribution is 2.19. The van der Waals surface area contributed by atoms with E-state index in [1.165, 1.54) is 0 Å². The van der Waals surface area contributed by atoms with Gasteiger partial charge in [-0.3, -0.25) is 4.79 Å².